The van der Waals surface area contributed by atoms with E-state index in [1.165, 1.54) is 19.3 Å². The maximum atomic E-state index is 12.5. The van der Waals surface area contributed by atoms with Crippen molar-refractivity contribution in [2.24, 2.45) is 5.92 Å². The maximum Gasteiger partial charge on any atom is 0.226 e. The molecule has 2 rings (SSSR count). The molecule has 0 N–H and O–H groups in total. The third kappa shape index (κ3) is 2.70. The van der Waals surface area contributed by atoms with E-state index in [0.29, 0.717) is 13.0 Å². The molecule has 1 aliphatic heterocycles. The molecule has 1 amide bonds. The van der Waals surface area contributed by atoms with E-state index in [-0.39, 0.29) is 23.1 Å². The number of likely N-dealkylation sites (tertiary alicyclic amines) is 1. The number of amides is 1. The van der Waals surface area contributed by atoms with Gasteiger partial charge in [-0.25, -0.2) is 0 Å². The summed E-state index contributed by atoms with van der Waals surface area (Å²) in [5.74, 6) is 0.616. The number of carbonyl (C=O) groups excluding carboxylic acids is 2. The van der Waals surface area contributed by atoms with Crippen LogP contribution in [0.3, 0.4) is 0 Å². The second-order valence-corrected chi connectivity index (χ2v) is 6.11. The zero-order valence-electron chi connectivity index (χ0n) is 11.0. The van der Waals surface area contributed by atoms with Crippen LogP contribution in [-0.4, -0.2) is 28.7 Å². The van der Waals surface area contributed by atoms with Crippen molar-refractivity contribution in [1.82, 2.24) is 4.90 Å². The van der Waals surface area contributed by atoms with E-state index in [9.17, 15) is 9.59 Å². The predicted molar refractivity (Wildman–Crippen MR) is 66.6 cm³/mol. The van der Waals surface area contributed by atoms with Crippen molar-refractivity contribution in [3.05, 3.63) is 0 Å². The van der Waals surface area contributed by atoms with Crippen molar-refractivity contribution in [2.75, 3.05) is 6.54 Å². The van der Waals surface area contributed by atoms with Crippen LogP contribution in [0.15, 0.2) is 0 Å². The number of Topliss-reactive ketones (excluding diaryl/α,β-unsaturated/α-hetero) is 1. The minimum atomic E-state index is -0.136. The van der Waals surface area contributed by atoms with E-state index < -0.39 is 0 Å². The van der Waals surface area contributed by atoms with Crippen molar-refractivity contribution >= 4 is 11.7 Å². The first-order valence-corrected chi connectivity index (χ1v) is 6.84. The summed E-state index contributed by atoms with van der Waals surface area (Å²) in [6.07, 6.45) is 7.05. The number of rotatable bonds is 1. The topological polar surface area (TPSA) is 37.4 Å². The lowest BCUT2D eigenvalue weighted by Gasteiger charge is -2.43. The first kappa shape index (κ1) is 12.6. The molecule has 2 aliphatic rings. The van der Waals surface area contributed by atoms with Gasteiger partial charge in [0.2, 0.25) is 5.91 Å². The molecule has 1 saturated heterocycles. The van der Waals surface area contributed by atoms with Crippen molar-refractivity contribution in [2.45, 2.75) is 64.3 Å². The van der Waals surface area contributed by atoms with Crippen molar-refractivity contribution in [1.29, 1.82) is 0 Å². The molecule has 0 spiro atoms. The molecule has 0 bridgehead atoms. The van der Waals surface area contributed by atoms with Gasteiger partial charge in [0, 0.05) is 17.9 Å². The average Bonchev–Trinajstić information content (AvgIpc) is 2.33. The zero-order valence-corrected chi connectivity index (χ0v) is 11.0. The molecule has 0 atom stereocenters. The summed E-state index contributed by atoms with van der Waals surface area (Å²) in [4.78, 5) is 25.9. The minimum absolute atomic E-state index is 0.136. The Morgan fingerprint density at radius 3 is 2.53 bits per heavy atom. The summed E-state index contributed by atoms with van der Waals surface area (Å²) in [5, 5.41) is 0. The van der Waals surface area contributed by atoms with Crippen molar-refractivity contribution < 1.29 is 9.59 Å². The Balaban J connectivity index is 2.07. The van der Waals surface area contributed by atoms with Gasteiger partial charge in [-0.3, -0.25) is 9.59 Å². The number of hydrogen-bond donors (Lipinski definition) is 0. The Hall–Kier alpha value is -0.860. The molecular weight excluding hydrogens is 214 g/mol. The van der Waals surface area contributed by atoms with Crippen LogP contribution in [0.25, 0.3) is 0 Å². The third-order valence-corrected chi connectivity index (χ3v) is 4.30. The van der Waals surface area contributed by atoms with Gasteiger partial charge in [0.05, 0.1) is 6.54 Å². The Kier molecular flexibility index (Phi) is 3.55. The van der Waals surface area contributed by atoms with Gasteiger partial charge in [-0.15, -0.1) is 0 Å². The quantitative estimate of drug-likeness (QED) is 0.703. The second-order valence-electron chi connectivity index (χ2n) is 6.11. The summed E-state index contributed by atoms with van der Waals surface area (Å²) in [6, 6.07) is 0. The summed E-state index contributed by atoms with van der Waals surface area (Å²) in [6.45, 7) is 4.50. The highest BCUT2D eigenvalue weighted by Crippen LogP contribution is 2.31. The average molecular weight is 237 g/mol. The Bertz CT molecular complexity index is 316. The highest BCUT2D eigenvalue weighted by molar-refractivity contribution is 5.89. The zero-order chi connectivity index (χ0) is 12.5. The van der Waals surface area contributed by atoms with Crippen LogP contribution in [0.1, 0.15) is 58.8 Å². The highest BCUT2D eigenvalue weighted by Gasteiger charge is 2.39. The molecule has 1 saturated carbocycles. The van der Waals surface area contributed by atoms with Gasteiger partial charge in [-0.1, -0.05) is 19.3 Å². The summed E-state index contributed by atoms with van der Waals surface area (Å²) < 4.78 is 0. The normalized spacial score (nSPS) is 26.0. The molecule has 0 radical (unpaired) electrons. The SMILES string of the molecule is CC1(C)CCC(=O)CN1C(=O)C1CCCCC1. The lowest BCUT2D eigenvalue weighted by atomic mass is 9.84. The lowest BCUT2D eigenvalue weighted by molar-refractivity contribution is -0.149. The standard InChI is InChI=1S/C14H23NO2/c1-14(2)9-8-12(16)10-15(14)13(17)11-6-4-3-5-7-11/h11H,3-10H2,1-2H3. The monoisotopic (exact) mass is 237 g/mol. The summed E-state index contributed by atoms with van der Waals surface area (Å²) in [5.41, 5.74) is -0.136. The van der Waals surface area contributed by atoms with Gasteiger partial charge < -0.3 is 4.90 Å². The molecule has 96 valence electrons. The molecule has 0 aromatic heterocycles. The van der Waals surface area contributed by atoms with E-state index in [1.807, 2.05) is 4.90 Å². The van der Waals surface area contributed by atoms with Gasteiger partial charge in [-0.05, 0) is 33.1 Å². The van der Waals surface area contributed by atoms with Gasteiger partial charge >= 0.3 is 0 Å². The fraction of sp³-hybridized carbons (Fsp3) is 0.857. The van der Waals surface area contributed by atoms with Crippen LogP contribution >= 0.6 is 0 Å². The highest BCUT2D eigenvalue weighted by atomic mass is 16.2. The van der Waals surface area contributed by atoms with Gasteiger partial charge in [0.25, 0.3) is 0 Å². The molecule has 0 aromatic rings. The van der Waals surface area contributed by atoms with Crippen molar-refractivity contribution in [3.63, 3.8) is 0 Å². The number of piperidine rings is 1. The van der Waals surface area contributed by atoms with Crippen LogP contribution in [-0.2, 0) is 9.59 Å². The number of hydrogen-bond acceptors (Lipinski definition) is 2. The van der Waals surface area contributed by atoms with Crippen LogP contribution in [0.5, 0.6) is 0 Å². The fourth-order valence-electron chi connectivity index (χ4n) is 3.00. The smallest absolute Gasteiger partial charge is 0.226 e. The number of nitrogens with zero attached hydrogens (tertiary/aromatic N) is 1. The summed E-state index contributed by atoms with van der Waals surface area (Å²) in [7, 11) is 0. The lowest BCUT2D eigenvalue weighted by Crippen LogP contribution is -2.55. The fourth-order valence-corrected chi connectivity index (χ4v) is 3.00. The molecule has 0 unspecified atom stereocenters. The Morgan fingerprint density at radius 2 is 1.88 bits per heavy atom. The molecular formula is C14H23NO2. The van der Waals surface area contributed by atoms with E-state index in [1.54, 1.807) is 0 Å². The minimum Gasteiger partial charge on any atom is -0.330 e. The third-order valence-electron chi connectivity index (χ3n) is 4.30. The largest absolute Gasteiger partial charge is 0.330 e. The molecule has 1 heterocycles. The van der Waals surface area contributed by atoms with Gasteiger partial charge in [0.1, 0.15) is 0 Å². The first-order valence-electron chi connectivity index (χ1n) is 6.84. The molecule has 17 heavy (non-hydrogen) atoms. The number of carbonyl (C=O) groups is 2. The summed E-state index contributed by atoms with van der Waals surface area (Å²) >= 11 is 0. The molecule has 1 aliphatic carbocycles. The first-order chi connectivity index (χ1) is 8.00. The van der Waals surface area contributed by atoms with Gasteiger partial charge in [-0.2, -0.15) is 0 Å². The predicted octanol–water partition coefficient (Wildman–Crippen LogP) is 2.54. The van der Waals surface area contributed by atoms with E-state index >= 15 is 0 Å². The van der Waals surface area contributed by atoms with Crippen LogP contribution in [0.4, 0.5) is 0 Å². The molecule has 0 aromatic carbocycles. The second kappa shape index (κ2) is 4.79. The molecule has 3 nitrogen and oxygen atoms in total. The maximum absolute atomic E-state index is 12.5. The molecule has 2 fully saturated rings. The van der Waals surface area contributed by atoms with E-state index in [2.05, 4.69) is 13.8 Å². The van der Waals surface area contributed by atoms with E-state index in [4.69, 9.17) is 0 Å². The van der Waals surface area contributed by atoms with Crippen molar-refractivity contribution in [3.8, 4) is 0 Å². The Morgan fingerprint density at radius 1 is 1.24 bits per heavy atom. The van der Waals surface area contributed by atoms with Crippen LogP contribution in [0, 0.1) is 5.92 Å². The Labute approximate surface area is 104 Å². The van der Waals surface area contributed by atoms with E-state index in [0.717, 1.165) is 19.3 Å². The van der Waals surface area contributed by atoms with Crippen LogP contribution < -0.4 is 0 Å². The number of ketones is 1. The van der Waals surface area contributed by atoms with Gasteiger partial charge in [0.15, 0.2) is 5.78 Å². The molecule has 3 heteroatoms. The van der Waals surface area contributed by atoms with Crippen LogP contribution in [0.2, 0.25) is 0 Å².